The van der Waals surface area contributed by atoms with Gasteiger partial charge in [0.1, 0.15) is 0 Å². The van der Waals surface area contributed by atoms with Crippen molar-refractivity contribution in [3.63, 3.8) is 0 Å². The van der Waals surface area contributed by atoms with Gasteiger partial charge in [-0.1, -0.05) is 103 Å². The highest BCUT2D eigenvalue weighted by Gasteiger charge is 2.17. The molecule has 242 valence electrons. The monoisotopic (exact) mass is 662 g/mol. The number of aromatic nitrogens is 3. The second kappa shape index (κ2) is 12.0. The second-order valence-electron chi connectivity index (χ2n) is 13.2. The van der Waals surface area contributed by atoms with Crippen molar-refractivity contribution in [2.24, 2.45) is 0 Å². The largest absolute Gasteiger partial charge is 0.309 e. The molecular weight excluding hydrogens is 633 g/mol. The minimum Gasteiger partial charge on any atom is -0.309 e. The van der Waals surface area contributed by atoms with Crippen LogP contribution in [0, 0.1) is 11.3 Å². The number of rotatable bonds is 5. The van der Waals surface area contributed by atoms with Crippen LogP contribution in [0.15, 0.2) is 182 Å². The number of hydrogen-bond acceptors (Lipinski definition) is 2. The Kier molecular flexibility index (Phi) is 6.84. The van der Waals surface area contributed by atoms with E-state index in [1.165, 1.54) is 21.5 Å². The van der Waals surface area contributed by atoms with Gasteiger partial charge in [-0.2, -0.15) is 5.26 Å². The lowest BCUT2D eigenvalue weighted by molar-refractivity contribution is 1.18. The molecule has 0 atom stereocenters. The number of benzene rings is 7. The molecule has 10 aromatic rings. The van der Waals surface area contributed by atoms with Gasteiger partial charge in [-0.15, -0.1) is 0 Å². The Hall–Kier alpha value is -7.22. The first-order valence-corrected chi connectivity index (χ1v) is 17.4. The molecule has 0 spiro atoms. The van der Waals surface area contributed by atoms with Crippen LogP contribution in [0.3, 0.4) is 0 Å². The van der Waals surface area contributed by atoms with E-state index in [1.807, 2.05) is 42.5 Å². The third-order valence-electron chi connectivity index (χ3n) is 10.2. The summed E-state index contributed by atoms with van der Waals surface area (Å²) in [5, 5.41) is 14.2. The molecule has 3 aromatic heterocycles. The SMILES string of the molecule is N#Cc1ccc(-n2c3ccccc3c3ccc(-c4ccc5c(c4)c4ccccc4n5-c4cccc(-c5cccc(-c6ccccc6)n5)c4)cc32)cc1. The molecule has 0 aliphatic carbocycles. The number of pyridine rings is 1. The quantitative estimate of drug-likeness (QED) is 0.184. The maximum atomic E-state index is 9.42. The van der Waals surface area contributed by atoms with Crippen molar-refractivity contribution in [3.8, 4) is 51.1 Å². The third-order valence-corrected chi connectivity index (χ3v) is 10.2. The summed E-state index contributed by atoms with van der Waals surface area (Å²) in [5.74, 6) is 0. The molecule has 0 fully saturated rings. The Labute approximate surface area is 300 Å². The van der Waals surface area contributed by atoms with Crippen molar-refractivity contribution in [1.82, 2.24) is 14.1 Å². The average Bonchev–Trinajstić information content (AvgIpc) is 3.73. The van der Waals surface area contributed by atoms with Crippen LogP contribution < -0.4 is 0 Å². The first-order chi connectivity index (χ1) is 25.7. The van der Waals surface area contributed by atoms with Gasteiger partial charge in [0.2, 0.25) is 0 Å². The molecule has 0 aliphatic rings. The molecule has 0 N–H and O–H groups in total. The minimum atomic E-state index is 0.651. The molecule has 10 rings (SSSR count). The van der Waals surface area contributed by atoms with Gasteiger partial charge in [0.25, 0.3) is 0 Å². The number of hydrogen-bond donors (Lipinski definition) is 0. The molecule has 3 heterocycles. The number of fused-ring (bicyclic) bond motifs is 6. The van der Waals surface area contributed by atoms with Crippen LogP contribution >= 0.6 is 0 Å². The van der Waals surface area contributed by atoms with Gasteiger partial charge in [-0.25, -0.2) is 4.98 Å². The Morgan fingerprint density at radius 2 is 0.942 bits per heavy atom. The van der Waals surface area contributed by atoms with E-state index in [0.29, 0.717) is 5.56 Å². The van der Waals surface area contributed by atoms with Crippen molar-refractivity contribution >= 4 is 43.6 Å². The topological polar surface area (TPSA) is 46.5 Å². The predicted octanol–water partition coefficient (Wildman–Crippen LogP) is 12.1. The Morgan fingerprint density at radius 1 is 0.365 bits per heavy atom. The number of para-hydroxylation sites is 2. The van der Waals surface area contributed by atoms with Gasteiger partial charge >= 0.3 is 0 Å². The lowest BCUT2D eigenvalue weighted by atomic mass is 10.0. The van der Waals surface area contributed by atoms with Crippen molar-refractivity contribution in [1.29, 1.82) is 5.26 Å². The smallest absolute Gasteiger partial charge is 0.0991 e. The van der Waals surface area contributed by atoms with E-state index in [0.717, 1.165) is 67.1 Å². The summed E-state index contributed by atoms with van der Waals surface area (Å²) in [6.45, 7) is 0. The zero-order chi connectivity index (χ0) is 34.6. The van der Waals surface area contributed by atoms with Crippen molar-refractivity contribution in [2.75, 3.05) is 0 Å². The molecule has 0 unspecified atom stereocenters. The highest BCUT2D eigenvalue weighted by molar-refractivity contribution is 6.12. The van der Waals surface area contributed by atoms with Crippen LogP contribution in [0.2, 0.25) is 0 Å². The van der Waals surface area contributed by atoms with Crippen LogP contribution in [-0.2, 0) is 0 Å². The van der Waals surface area contributed by atoms with E-state index in [-0.39, 0.29) is 0 Å². The van der Waals surface area contributed by atoms with Gasteiger partial charge in [0.15, 0.2) is 0 Å². The third kappa shape index (κ3) is 4.80. The van der Waals surface area contributed by atoms with Crippen LogP contribution in [0.25, 0.3) is 88.6 Å². The Balaban J connectivity index is 1.11. The molecular formula is C48H30N4. The summed E-state index contributed by atoms with van der Waals surface area (Å²) in [7, 11) is 0. The number of nitrogens with zero attached hydrogens (tertiary/aromatic N) is 4. The molecule has 7 aromatic carbocycles. The van der Waals surface area contributed by atoms with E-state index in [9.17, 15) is 5.26 Å². The Bertz CT molecular complexity index is 3010. The summed E-state index contributed by atoms with van der Waals surface area (Å²) in [4.78, 5) is 5.05. The molecule has 0 saturated carbocycles. The van der Waals surface area contributed by atoms with Gasteiger partial charge in [-0.3, -0.25) is 0 Å². The number of nitriles is 1. The fourth-order valence-corrected chi connectivity index (χ4v) is 7.71. The van der Waals surface area contributed by atoms with E-state index in [1.54, 1.807) is 0 Å². The van der Waals surface area contributed by atoms with Crippen LogP contribution in [0.4, 0.5) is 0 Å². The summed E-state index contributed by atoms with van der Waals surface area (Å²) >= 11 is 0. The summed E-state index contributed by atoms with van der Waals surface area (Å²) in [6, 6.07) is 66.1. The van der Waals surface area contributed by atoms with Gasteiger partial charge in [-0.05, 0) is 90.0 Å². The predicted molar refractivity (Wildman–Crippen MR) is 214 cm³/mol. The molecule has 52 heavy (non-hydrogen) atoms. The highest BCUT2D eigenvalue weighted by Crippen LogP contribution is 2.38. The van der Waals surface area contributed by atoms with E-state index >= 15 is 0 Å². The average molecular weight is 663 g/mol. The zero-order valence-electron chi connectivity index (χ0n) is 28.1. The maximum Gasteiger partial charge on any atom is 0.0991 e. The Morgan fingerprint density at radius 3 is 1.71 bits per heavy atom. The zero-order valence-corrected chi connectivity index (χ0v) is 28.1. The molecule has 0 saturated heterocycles. The first-order valence-electron chi connectivity index (χ1n) is 17.4. The van der Waals surface area contributed by atoms with Gasteiger partial charge in [0.05, 0.1) is 45.1 Å². The maximum absolute atomic E-state index is 9.42. The normalized spacial score (nSPS) is 11.4. The molecule has 0 bridgehead atoms. The van der Waals surface area contributed by atoms with Gasteiger partial charge < -0.3 is 9.13 Å². The van der Waals surface area contributed by atoms with Crippen LogP contribution in [-0.4, -0.2) is 14.1 Å². The lowest BCUT2D eigenvalue weighted by Gasteiger charge is -2.11. The minimum absolute atomic E-state index is 0.651. The van der Waals surface area contributed by atoms with Crippen LogP contribution in [0.5, 0.6) is 0 Å². The van der Waals surface area contributed by atoms with Crippen molar-refractivity contribution in [3.05, 3.63) is 188 Å². The van der Waals surface area contributed by atoms with Crippen LogP contribution in [0.1, 0.15) is 5.56 Å². The first kappa shape index (κ1) is 29.7. The standard InChI is InChI=1S/C48H30N4/c49-31-32-20-24-37(25-21-32)51-45-18-6-4-14-39(45)41-26-22-35(30-48(41)51)34-23-27-47-42(29-34)40-15-5-7-19-46(40)52(47)38-13-8-12-36(28-38)44-17-9-16-43(50-44)33-10-2-1-3-11-33/h1-30H. The van der Waals surface area contributed by atoms with Gasteiger partial charge in [0, 0.05) is 44.0 Å². The molecule has 0 amide bonds. The van der Waals surface area contributed by atoms with Crippen molar-refractivity contribution < 1.29 is 0 Å². The summed E-state index contributed by atoms with van der Waals surface area (Å²) in [6.07, 6.45) is 0. The fourth-order valence-electron chi connectivity index (χ4n) is 7.71. The van der Waals surface area contributed by atoms with E-state index in [2.05, 4.69) is 155 Å². The fraction of sp³-hybridized carbons (Fsp3) is 0. The second-order valence-corrected chi connectivity index (χ2v) is 13.2. The molecule has 4 heteroatoms. The molecule has 0 radical (unpaired) electrons. The van der Waals surface area contributed by atoms with Crippen molar-refractivity contribution in [2.45, 2.75) is 0 Å². The summed E-state index contributed by atoms with van der Waals surface area (Å²) in [5.41, 5.74) is 13.8. The summed E-state index contributed by atoms with van der Waals surface area (Å²) < 4.78 is 4.67. The molecule has 0 aliphatic heterocycles. The van der Waals surface area contributed by atoms with E-state index < -0.39 is 0 Å². The molecule has 4 nitrogen and oxygen atoms in total. The van der Waals surface area contributed by atoms with E-state index in [4.69, 9.17) is 4.98 Å². The highest BCUT2D eigenvalue weighted by atomic mass is 15.0. The lowest BCUT2D eigenvalue weighted by Crippen LogP contribution is -1.95.